The van der Waals surface area contributed by atoms with Crippen LogP contribution in [0.4, 0.5) is 5.82 Å². The molecule has 1 aromatic heterocycles. The molecule has 0 saturated heterocycles. The van der Waals surface area contributed by atoms with Crippen molar-refractivity contribution in [1.82, 2.24) is 9.55 Å². The maximum Gasteiger partial charge on any atom is 0.386 e. The maximum atomic E-state index is 10.9. The van der Waals surface area contributed by atoms with Gasteiger partial charge in [0.15, 0.2) is 0 Å². The molecule has 3 rings (SSSR count). The summed E-state index contributed by atoms with van der Waals surface area (Å²) in [6, 6.07) is -0.228. The summed E-state index contributed by atoms with van der Waals surface area (Å²) < 4.78 is 1.99. The van der Waals surface area contributed by atoms with Gasteiger partial charge in [-0.1, -0.05) is 0 Å². The molecule has 2 N–H and O–H groups in total. The van der Waals surface area contributed by atoms with Gasteiger partial charge in [0.05, 0.1) is 6.04 Å². The quantitative estimate of drug-likeness (QED) is 0.606. The fourth-order valence-corrected chi connectivity index (χ4v) is 2.46. The van der Waals surface area contributed by atoms with E-state index >= 15 is 0 Å². The van der Waals surface area contributed by atoms with Gasteiger partial charge in [0.25, 0.3) is 0 Å². The summed E-state index contributed by atoms with van der Waals surface area (Å²) in [6.45, 7) is 0.829. The van der Waals surface area contributed by atoms with Crippen LogP contribution in [0.25, 0.3) is 0 Å². The fraction of sp³-hybridized carbons (Fsp3) is 0.700. The molecule has 2 heterocycles. The van der Waals surface area contributed by atoms with Crippen LogP contribution in [0.2, 0.25) is 0 Å². The number of nitro groups is 1. The van der Waals surface area contributed by atoms with Crippen LogP contribution >= 0.6 is 0 Å². The van der Waals surface area contributed by atoms with Gasteiger partial charge in [-0.05, 0) is 35.6 Å². The molecule has 1 fully saturated rings. The number of aromatic nitrogens is 2. The van der Waals surface area contributed by atoms with E-state index in [9.17, 15) is 10.1 Å². The second kappa shape index (κ2) is 3.28. The lowest BCUT2D eigenvalue weighted by molar-refractivity contribution is -0.390. The van der Waals surface area contributed by atoms with Gasteiger partial charge in [0.1, 0.15) is 5.69 Å². The average Bonchev–Trinajstić information content (AvgIpc) is 2.99. The van der Waals surface area contributed by atoms with Crippen molar-refractivity contribution in [1.29, 1.82) is 0 Å². The Labute approximate surface area is 92.6 Å². The second-order valence-corrected chi connectivity index (χ2v) is 4.61. The molecule has 1 aliphatic carbocycles. The van der Waals surface area contributed by atoms with Crippen LogP contribution < -0.4 is 5.73 Å². The molecule has 1 aliphatic heterocycles. The SMILES string of the molecule is NC1CCCn2c(C3CC3)nc([N+](=O)[O-])c21. The first kappa shape index (κ1) is 9.77. The topological polar surface area (TPSA) is 87.0 Å². The lowest BCUT2D eigenvalue weighted by Crippen LogP contribution is -2.23. The smallest absolute Gasteiger partial charge is 0.358 e. The molecule has 0 spiro atoms. The van der Waals surface area contributed by atoms with Crippen molar-refractivity contribution < 1.29 is 4.92 Å². The average molecular weight is 222 g/mol. The number of nitrogens with two attached hydrogens (primary N) is 1. The van der Waals surface area contributed by atoms with E-state index in [0.717, 1.165) is 38.1 Å². The third kappa shape index (κ3) is 1.33. The van der Waals surface area contributed by atoms with E-state index in [1.165, 1.54) is 0 Å². The van der Waals surface area contributed by atoms with Crippen LogP contribution in [0.3, 0.4) is 0 Å². The normalized spacial score (nSPS) is 24.2. The molecule has 2 aliphatic rings. The van der Waals surface area contributed by atoms with Crippen molar-refractivity contribution >= 4 is 5.82 Å². The Morgan fingerprint density at radius 3 is 2.81 bits per heavy atom. The second-order valence-electron chi connectivity index (χ2n) is 4.61. The van der Waals surface area contributed by atoms with Gasteiger partial charge in [-0.3, -0.25) is 0 Å². The van der Waals surface area contributed by atoms with E-state index in [0.29, 0.717) is 11.6 Å². The molecule has 1 atom stereocenters. The minimum Gasteiger partial charge on any atom is -0.358 e. The predicted molar refractivity (Wildman–Crippen MR) is 57.0 cm³/mol. The molecule has 1 saturated carbocycles. The number of fused-ring (bicyclic) bond motifs is 1. The van der Waals surface area contributed by atoms with Crippen LogP contribution in [0, 0.1) is 10.1 Å². The molecule has 86 valence electrons. The molecule has 0 aromatic carbocycles. The number of nitrogens with zero attached hydrogens (tertiary/aromatic N) is 3. The third-order valence-electron chi connectivity index (χ3n) is 3.38. The Morgan fingerprint density at radius 1 is 1.44 bits per heavy atom. The maximum absolute atomic E-state index is 10.9. The highest BCUT2D eigenvalue weighted by Crippen LogP contribution is 2.43. The first-order valence-electron chi connectivity index (χ1n) is 5.68. The van der Waals surface area contributed by atoms with Crippen molar-refractivity contribution in [3.8, 4) is 0 Å². The summed E-state index contributed by atoms with van der Waals surface area (Å²) in [6.07, 6.45) is 4.00. The molecule has 16 heavy (non-hydrogen) atoms. The molecule has 6 nitrogen and oxygen atoms in total. The summed E-state index contributed by atoms with van der Waals surface area (Å²) in [5, 5.41) is 10.9. The predicted octanol–water partition coefficient (Wildman–Crippen LogP) is 1.46. The summed E-state index contributed by atoms with van der Waals surface area (Å²) in [7, 11) is 0. The van der Waals surface area contributed by atoms with E-state index in [2.05, 4.69) is 4.98 Å². The van der Waals surface area contributed by atoms with Gasteiger partial charge in [-0.25, -0.2) is 0 Å². The van der Waals surface area contributed by atoms with Crippen molar-refractivity contribution in [2.45, 2.75) is 44.2 Å². The van der Waals surface area contributed by atoms with Gasteiger partial charge < -0.3 is 20.4 Å². The Hall–Kier alpha value is -1.43. The van der Waals surface area contributed by atoms with Crippen molar-refractivity contribution in [2.24, 2.45) is 5.73 Å². The van der Waals surface area contributed by atoms with Gasteiger partial charge in [-0.15, -0.1) is 0 Å². The third-order valence-corrected chi connectivity index (χ3v) is 3.38. The lowest BCUT2D eigenvalue weighted by Gasteiger charge is -2.20. The van der Waals surface area contributed by atoms with Gasteiger partial charge in [0.2, 0.25) is 5.82 Å². The van der Waals surface area contributed by atoms with Crippen LogP contribution in [0.1, 0.15) is 49.2 Å². The molecule has 0 bridgehead atoms. The highest BCUT2D eigenvalue weighted by molar-refractivity contribution is 5.35. The number of hydrogen-bond acceptors (Lipinski definition) is 4. The highest BCUT2D eigenvalue weighted by Gasteiger charge is 2.40. The Bertz CT molecular complexity index is 450. The van der Waals surface area contributed by atoms with E-state index < -0.39 is 4.92 Å². The minimum atomic E-state index is -0.400. The van der Waals surface area contributed by atoms with Gasteiger partial charge >= 0.3 is 5.82 Å². The van der Waals surface area contributed by atoms with E-state index in [1.54, 1.807) is 0 Å². The first-order valence-corrected chi connectivity index (χ1v) is 5.68. The summed E-state index contributed by atoms with van der Waals surface area (Å²) in [4.78, 5) is 14.7. The Morgan fingerprint density at radius 2 is 2.19 bits per heavy atom. The van der Waals surface area contributed by atoms with E-state index in [4.69, 9.17) is 5.73 Å². The summed E-state index contributed by atoms with van der Waals surface area (Å²) in [5.41, 5.74) is 6.59. The highest BCUT2D eigenvalue weighted by atomic mass is 16.6. The minimum absolute atomic E-state index is 0.0194. The van der Waals surface area contributed by atoms with E-state index in [-0.39, 0.29) is 11.9 Å². The van der Waals surface area contributed by atoms with Crippen LogP contribution in [-0.2, 0) is 6.54 Å². The summed E-state index contributed by atoms with van der Waals surface area (Å²) >= 11 is 0. The first-order chi connectivity index (χ1) is 7.68. The monoisotopic (exact) mass is 222 g/mol. The van der Waals surface area contributed by atoms with Crippen molar-refractivity contribution in [2.75, 3.05) is 0 Å². The van der Waals surface area contributed by atoms with Crippen molar-refractivity contribution in [3.05, 3.63) is 21.6 Å². The van der Waals surface area contributed by atoms with Crippen molar-refractivity contribution in [3.63, 3.8) is 0 Å². The van der Waals surface area contributed by atoms with Gasteiger partial charge in [-0.2, -0.15) is 0 Å². The molecule has 1 unspecified atom stereocenters. The zero-order chi connectivity index (χ0) is 11.3. The summed E-state index contributed by atoms with van der Waals surface area (Å²) in [5.74, 6) is 1.30. The van der Waals surface area contributed by atoms with Crippen LogP contribution in [-0.4, -0.2) is 14.5 Å². The zero-order valence-electron chi connectivity index (χ0n) is 8.93. The zero-order valence-corrected chi connectivity index (χ0v) is 8.93. The Kier molecular flexibility index (Phi) is 2.00. The molecule has 6 heteroatoms. The molecule has 1 aromatic rings. The standard InChI is InChI=1S/C10H14N4O2/c11-7-2-1-5-13-8(7)10(14(15)16)12-9(13)6-3-4-6/h6-7H,1-5,11H2. The molecule has 0 amide bonds. The fourth-order valence-electron chi connectivity index (χ4n) is 2.46. The number of imidazole rings is 1. The van der Waals surface area contributed by atoms with Crippen LogP contribution in [0.15, 0.2) is 0 Å². The van der Waals surface area contributed by atoms with Crippen LogP contribution in [0.5, 0.6) is 0 Å². The Balaban J connectivity index is 2.15. The molecule has 0 radical (unpaired) electrons. The number of rotatable bonds is 2. The number of hydrogen-bond donors (Lipinski definition) is 1. The van der Waals surface area contributed by atoms with E-state index in [1.807, 2.05) is 4.57 Å². The van der Waals surface area contributed by atoms with Gasteiger partial charge in [0, 0.05) is 12.5 Å². The lowest BCUT2D eigenvalue weighted by atomic mass is 10.0. The molecular weight excluding hydrogens is 208 g/mol. The molecular formula is C10H14N4O2. The largest absolute Gasteiger partial charge is 0.386 e.